The zero-order valence-corrected chi connectivity index (χ0v) is 25.6. The molecule has 0 aliphatic carbocycles. The van der Waals surface area contributed by atoms with E-state index in [1.165, 1.54) is 23.1 Å². The second kappa shape index (κ2) is 13.1. The molecular weight excluding hydrogens is 629 g/mol. The maximum Gasteiger partial charge on any atom is 0.416 e. The van der Waals surface area contributed by atoms with Gasteiger partial charge in [-0.2, -0.15) is 13.2 Å². The smallest absolute Gasteiger partial charge is 0.416 e. The van der Waals surface area contributed by atoms with Crippen molar-refractivity contribution in [1.82, 2.24) is 9.88 Å². The second-order valence-electron chi connectivity index (χ2n) is 11.8. The number of anilines is 1. The third-order valence-corrected chi connectivity index (χ3v) is 8.33. The van der Waals surface area contributed by atoms with Crippen molar-refractivity contribution in [3.8, 4) is 22.3 Å². The molecule has 0 atom stereocenters. The summed E-state index contributed by atoms with van der Waals surface area (Å²) in [7, 11) is 0. The number of furan rings is 1. The summed E-state index contributed by atoms with van der Waals surface area (Å²) < 4.78 is 73.3. The molecule has 246 valence electrons. The number of fused-ring (bicyclic) bond motifs is 1. The van der Waals surface area contributed by atoms with Crippen LogP contribution in [0.5, 0.6) is 0 Å². The molecule has 2 aromatic heterocycles. The van der Waals surface area contributed by atoms with Crippen LogP contribution in [0.1, 0.15) is 46.5 Å². The summed E-state index contributed by atoms with van der Waals surface area (Å²) in [6, 6.07) is 20.4. The molecule has 1 saturated heterocycles. The highest BCUT2D eigenvalue weighted by Gasteiger charge is 2.36. The van der Waals surface area contributed by atoms with Crippen LogP contribution in [0.3, 0.4) is 0 Å². The Bertz CT molecular complexity index is 1970. The van der Waals surface area contributed by atoms with Gasteiger partial charge in [0.15, 0.2) is 5.78 Å². The number of pyridine rings is 1. The molecule has 0 saturated carbocycles. The Labute approximate surface area is 272 Å². The number of nitrogens with two attached hydrogens (primary N) is 1. The average molecular weight is 660 g/mol. The Morgan fingerprint density at radius 2 is 1.58 bits per heavy atom. The number of aromatic nitrogens is 1. The SMILES string of the molecule is Nc1ccc(/C=C/C(=O)CCc2cc3cc(-c4ccc(C(=O)N5CCC(F)(F)CC5)cc4)cc(-c4ccc(C(F)(F)F)cc4)c3o2)cn1. The van der Waals surface area contributed by atoms with E-state index in [1.54, 1.807) is 60.8 Å². The summed E-state index contributed by atoms with van der Waals surface area (Å²) in [5, 5.41) is 0.683. The molecule has 0 spiro atoms. The van der Waals surface area contributed by atoms with Crippen molar-refractivity contribution in [3.63, 3.8) is 0 Å². The predicted molar refractivity (Wildman–Crippen MR) is 173 cm³/mol. The molecule has 6 nitrogen and oxygen atoms in total. The molecule has 48 heavy (non-hydrogen) atoms. The van der Waals surface area contributed by atoms with Crippen molar-refractivity contribution < 1.29 is 36.0 Å². The van der Waals surface area contributed by atoms with Crippen LogP contribution in [0.4, 0.5) is 27.8 Å². The van der Waals surface area contributed by atoms with Crippen LogP contribution in [0.15, 0.2) is 95.6 Å². The van der Waals surface area contributed by atoms with Crippen molar-refractivity contribution in [2.75, 3.05) is 18.8 Å². The fourth-order valence-corrected chi connectivity index (χ4v) is 5.61. The quantitative estimate of drug-likeness (QED) is 0.133. The molecular formula is C37H30F5N3O3. The second-order valence-corrected chi connectivity index (χ2v) is 11.8. The number of benzene rings is 3. The molecule has 1 aliphatic rings. The van der Waals surface area contributed by atoms with E-state index in [-0.39, 0.29) is 44.0 Å². The van der Waals surface area contributed by atoms with Gasteiger partial charge in [0.25, 0.3) is 11.8 Å². The molecule has 0 unspecified atom stereocenters. The third kappa shape index (κ3) is 7.46. The summed E-state index contributed by atoms with van der Waals surface area (Å²) in [5.74, 6) is -2.33. The molecule has 1 aliphatic heterocycles. The number of nitrogens with zero attached hydrogens (tertiary/aromatic N) is 2. The number of aryl methyl sites for hydroxylation is 1. The van der Waals surface area contributed by atoms with Gasteiger partial charge < -0.3 is 15.1 Å². The number of ketones is 1. The van der Waals surface area contributed by atoms with E-state index >= 15 is 0 Å². The number of hydrogen-bond acceptors (Lipinski definition) is 5. The summed E-state index contributed by atoms with van der Waals surface area (Å²) in [6.07, 6.45) is -0.131. The van der Waals surface area contributed by atoms with Gasteiger partial charge in [-0.3, -0.25) is 9.59 Å². The fourth-order valence-electron chi connectivity index (χ4n) is 5.61. The number of nitrogen functional groups attached to an aromatic ring is 1. The van der Waals surface area contributed by atoms with Crippen LogP contribution >= 0.6 is 0 Å². The first-order valence-corrected chi connectivity index (χ1v) is 15.3. The Kier molecular flexibility index (Phi) is 8.87. The lowest BCUT2D eigenvalue weighted by Gasteiger charge is -2.31. The average Bonchev–Trinajstić information content (AvgIpc) is 3.49. The van der Waals surface area contributed by atoms with E-state index in [0.717, 1.165) is 28.8 Å². The minimum atomic E-state index is -4.49. The molecule has 2 N–H and O–H groups in total. The van der Waals surface area contributed by atoms with E-state index in [2.05, 4.69) is 4.98 Å². The van der Waals surface area contributed by atoms with Gasteiger partial charge in [0.05, 0.1) is 5.56 Å². The van der Waals surface area contributed by atoms with Gasteiger partial charge in [0.1, 0.15) is 17.2 Å². The number of halogens is 5. The largest absolute Gasteiger partial charge is 0.460 e. The molecule has 0 bridgehead atoms. The van der Waals surface area contributed by atoms with Crippen molar-refractivity contribution >= 4 is 34.6 Å². The summed E-state index contributed by atoms with van der Waals surface area (Å²) in [4.78, 5) is 31.0. The van der Waals surface area contributed by atoms with Crippen molar-refractivity contribution in [3.05, 3.63) is 114 Å². The third-order valence-electron chi connectivity index (χ3n) is 8.33. The normalized spacial score (nSPS) is 14.9. The minimum absolute atomic E-state index is 0.0223. The zero-order valence-electron chi connectivity index (χ0n) is 25.6. The maximum atomic E-state index is 13.6. The highest BCUT2D eigenvalue weighted by molar-refractivity contribution is 5.98. The molecule has 6 rings (SSSR count). The summed E-state index contributed by atoms with van der Waals surface area (Å²) in [5.41, 5.74) is 8.87. The molecule has 3 aromatic carbocycles. The number of amides is 1. The Balaban J connectivity index is 1.27. The van der Waals surface area contributed by atoms with E-state index in [1.807, 2.05) is 6.07 Å². The van der Waals surface area contributed by atoms with E-state index in [9.17, 15) is 31.5 Å². The lowest BCUT2D eigenvalue weighted by Crippen LogP contribution is -2.42. The lowest BCUT2D eigenvalue weighted by molar-refractivity contribution is -0.137. The van der Waals surface area contributed by atoms with Crippen molar-refractivity contribution in [2.24, 2.45) is 0 Å². The van der Waals surface area contributed by atoms with E-state index < -0.39 is 17.7 Å². The number of hydrogen-bond donors (Lipinski definition) is 1. The number of alkyl halides is 5. The van der Waals surface area contributed by atoms with Crippen LogP contribution in [-0.4, -0.2) is 40.6 Å². The highest BCUT2D eigenvalue weighted by Crippen LogP contribution is 2.38. The first-order chi connectivity index (χ1) is 22.8. The van der Waals surface area contributed by atoms with Gasteiger partial charge in [-0.1, -0.05) is 24.3 Å². The van der Waals surface area contributed by atoms with Crippen molar-refractivity contribution in [1.29, 1.82) is 0 Å². The lowest BCUT2D eigenvalue weighted by atomic mass is 9.95. The van der Waals surface area contributed by atoms with Gasteiger partial charge in [0.2, 0.25) is 0 Å². The van der Waals surface area contributed by atoms with Crippen LogP contribution in [0.2, 0.25) is 0 Å². The van der Waals surface area contributed by atoms with E-state index in [0.29, 0.717) is 45.7 Å². The van der Waals surface area contributed by atoms with Crippen LogP contribution in [0.25, 0.3) is 39.3 Å². The first kappa shape index (κ1) is 32.6. The van der Waals surface area contributed by atoms with Gasteiger partial charge in [0, 0.05) is 61.5 Å². The van der Waals surface area contributed by atoms with Gasteiger partial charge in [-0.15, -0.1) is 0 Å². The zero-order chi connectivity index (χ0) is 34.1. The molecule has 3 heterocycles. The minimum Gasteiger partial charge on any atom is -0.460 e. The topological polar surface area (TPSA) is 89.4 Å². The molecule has 11 heteroatoms. The highest BCUT2D eigenvalue weighted by atomic mass is 19.4. The van der Waals surface area contributed by atoms with Gasteiger partial charge in [-0.25, -0.2) is 13.8 Å². The number of carbonyl (C=O) groups excluding carboxylic acids is 2. The number of carbonyl (C=O) groups is 2. The summed E-state index contributed by atoms with van der Waals surface area (Å²) in [6.45, 7) is -0.0446. The van der Waals surface area contributed by atoms with Crippen LogP contribution in [-0.2, 0) is 17.4 Å². The van der Waals surface area contributed by atoms with Crippen LogP contribution < -0.4 is 5.73 Å². The monoisotopic (exact) mass is 659 g/mol. The molecule has 1 amide bonds. The van der Waals surface area contributed by atoms with Gasteiger partial charge in [-0.05, 0) is 89.0 Å². The standard InChI is InChI=1S/C37H30F5N3O3/c38-36(39)15-17-45(18-16-36)35(47)26-5-3-24(4-6-26)27-19-28-20-31(13-12-30(46)11-1-23-2-14-33(43)44-22-23)48-34(28)32(21-27)25-7-9-29(10-8-25)37(40,41)42/h1-11,14,19-22H,12-13,15-18H2,(H2,43,44)/b11-1+. The molecule has 0 radical (unpaired) electrons. The molecule has 5 aromatic rings. The molecule has 1 fully saturated rings. The first-order valence-electron chi connectivity index (χ1n) is 15.3. The van der Waals surface area contributed by atoms with Gasteiger partial charge >= 0.3 is 6.18 Å². The van der Waals surface area contributed by atoms with E-state index in [4.69, 9.17) is 10.2 Å². The number of likely N-dealkylation sites (tertiary alicyclic amines) is 1. The Hall–Kier alpha value is -5.32. The van der Waals surface area contributed by atoms with Crippen LogP contribution in [0, 0.1) is 0 Å². The predicted octanol–water partition coefficient (Wildman–Crippen LogP) is 8.85. The maximum absolute atomic E-state index is 13.6. The van der Waals surface area contributed by atoms with Crippen molar-refractivity contribution in [2.45, 2.75) is 37.8 Å². The number of rotatable bonds is 8. The fraction of sp³-hybridized carbons (Fsp3) is 0.216. The number of piperidine rings is 1. The Morgan fingerprint density at radius 1 is 0.896 bits per heavy atom. The summed E-state index contributed by atoms with van der Waals surface area (Å²) >= 11 is 0. The number of allylic oxidation sites excluding steroid dienone is 1. The Morgan fingerprint density at radius 3 is 2.23 bits per heavy atom.